The number of phenols is 1. The Morgan fingerprint density at radius 1 is 1.03 bits per heavy atom. The lowest BCUT2D eigenvalue weighted by atomic mass is 10.2. The number of aromatic nitrogens is 2. The van der Waals surface area contributed by atoms with Gasteiger partial charge >= 0.3 is 0 Å². The number of hydrogen-bond acceptors (Lipinski definition) is 6. The number of fused-ring (bicyclic) bond motifs is 1. The second-order valence-electron chi connectivity index (χ2n) is 6.43. The van der Waals surface area contributed by atoms with Crippen molar-refractivity contribution in [2.24, 2.45) is 5.10 Å². The number of phenolic OH excluding ortho intramolecular Hbond substituents is 1. The first kappa shape index (κ1) is 19.2. The van der Waals surface area contributed by atoms with Crippen LogP contribution in [-0.4, -0.2) is 28.1 Å². The Bertz CT molecular complexity index is 1270. The Morgan fingerprint density at radius 2 is 1.80 bits per heavy atom. The number of para-hydroxylation sites is 2. The minimum absolute atomic E-state index is 0.0171. The van der Waals surface area contributed by atoms with Crippen molar-refractivity contribution < 1.29 is 14.6 Å². The van der Waals surface area contributed by atoms with Gasteiger partial charge in [-0.3, -0.25) is 4.79 Å². The van der Waals surface area contributed by atoms with E-state index in [2.05, 4.69) is 10.1 Å². The van der Waals surface area contributed by atoms with E-state index in [4.69, 9.17) is 9.47 Å². The summed E-state index contributed by atoms with van der Waals surface area (Å²) in [5, 5.41) is 14.8. The average molecular weight is 401 g/mol. The van der Waals surface area contributed by atoms with Crippen molar-refractivity contribution in [1.29, 1.82) is 0 Å². The van der Waals surface area contributed by atoms with Crippen LogP contribution in [0.3, 0.4) is 0 Å². The molecular formula is C23H19N3O4. The van der Waals surface area contributed by atoms with Gasteiger partial charge in [-0.05, 0) is 42.5 Å². The average Bonchev–Trinajstić information content (AvgIpc) is 2.79. The summed E-state index contributed by atoms with van der Waals surface area (Å²) >= 11 is 0. The van der Waals surface area contributed by atoms with Crippen molar-refractivity contribution in [2.45, 2.75) is 6.61 Å². The van der Waals surface area contributed by atoms with Gasteiger partial charge in [-0.25, -0.2) is 4.98 Å². The molecule has 7 nitrogen and oxygen atoms in total. The topological polar surface area (TPSA) is 85.9 Å². The zero-order chi connectivity index (χ0) is 20.9. The first-order valence-corrected chi connectivity index (χ1v) is 9.25. The maximum absolute atomic E-state index is 13.1. The lowest BCUT2D eigenvalue weighted by molar-refractivity contribution is 0.289. The minimum Gasteiger partial charge on any atom is -0.507 e. The third kappa shape index (κ3) is 4.00. The van der Waals surface area contributed by atoms with Gasteiger partial charge < -0.3 is 14.6 Å². The van der Waals surface area contributed by atoms with Gasteiger partial charge in [0.25, 0.3) is 5.56 Å². The number of rotatable bonds is 6. The molecule has 0 aliphatic carbocycles. The van der Waals surface area contributed by atoms with E-state index in [0.717, 1.165) is 0 Å². The van der Waals surface area contributed by atoms with E-state index in [-0.39, 0.29) is 17.9 Å². The molecule has 0 aliphatic rings. The van der Waals surface area contributed by atoms with Gasteiger partial charge in [0.2, 0.25) is 0 Å². The van der Waals surface area contributed by atoms with Crippen LogP contribution < -0.4 is 15.0 Å². The Kier molecular flexibility index (Phi) is 5.43. The fraction of sp³-hybridized carbons (Fsp3) is 0.0870. The monoisotopic (exact) mass is 401 g/mol. The SMILES string of the molecule is COc1ccc(O)c(C=Nn2c(COc3ccccc3)nc3ccccc3c2=O)c1. The first-order chi connectivity index (χ1) is 14.7. The molecule has 1 heterocycles. The zero-order valence-electron chi connectivity index (χ0n) is 16.2. The van der Waals surface area contributed by atoms with Crippen LogP contribution in [0.1, 0.15) is 11.4 Å². The number of aromatic hydroxyl groups is 1. The van der Waals surface area contributed by atoms with Crippen LogP contribution in [0.25, 0.3) is 10.9 Å². The van der Waals surface area contributed by atoms with Crippen molar-refractivity contribution >= 4 is 17.1 Å². The number of hydrogen-bond donors (Lipinski definition) is 1. The highest BCUT2D eigenvalue weighted by molar-refractivity contribution is 5.84. The van der Waals surface area contributed by atoms with E-state index in [1.165, 1.54) is 24.1 Å². The van der Waals surface area contributed by atoms with Crippen LogP contribution in [0.4, 0.5) is 0 Å². The third-order valence-electron chi connectivity index (χ3n) is 4.48. The number of methoxy groups -OCH3 is 1. The van der Waals surface area contributed by atoms with Gasteiger partial charge in [0, 0.05) is 5.56 Å². The maximum Gasteiger partial charge on any atom is 0.282 e. The van der Waals surface area contributed by atoms with Crippen molar-refractivity contribution in [1.82, 2.24) is 9.66 Å². The molecule has 4 aromatic rings. The molecular weight excluding hydrogens is 382 g/mol. The zero-order valence-corrected chi connectivity index (χ0v) is 16.2. The summed E-state index contributed by atoms with van der Waals surface area (Å²) in [4.78, 5) is 17.6. The van der Waals surface area contributed by atoms with Crippen LogP contribution in [0.2, 0.25) is 0 Å². The van der Waals surface area contributed by atoms with E-state index >= 15 is 0 Å². The number of benzene rings is 3. The molecule has 0 saturated heterocycles. The molecule has 0 fully saturated rings. The molecule has 30 heavy (non-hydrogen) atoms. The summed E-state index contributed by atoms with van der Waals surface area (Å²) in [6, 6.07) is 21.1. The Morgan fingerprint density at radius 3 is 2.60 bits per heavy atom. The summed E-state index contributed by atoms with van der Waals surface area (Å²) in [5.41, 5.74) is 0.639. The van der Waals surface area contributed by atoms with Gasteiger partial charge in [-0.15, -0.1) is 0 Å². The van der Waals surface area contributed by atoms with E-state index in [1.54, 1.807) is 30.3 Å². The van der Waals surface area contributed by atoms with E-state index < -0.39 is 0 Å². The van der Waals surface area contributed by atoms with Crippen LogP contribution in [0.5, 0.6) is 17.2 Å². The Hall–Kier alpha value is -4.13. The predicted molar refractivity (Wildman–Crippen MR) is 114 cm³/mol. The van der Waals surface area contributed by atoms with Gasteiger partial charge in [-0.2, -0.15) is 9.78 Å². The van der Waals surface area contributed by atoms with Gasteiger partial charge in [-0.1, -0.05) is 30.3 Å². The Balaban J connectivity index is 1.76. The summed E-state index contributed by atoms with van der Waals surface area (Å²) < 4.78 is 12.1. The molecule has 0 amide bonds. The smallest absolute Gasteiger partial charge is 0.282 e. The minimum atomic E-state index is -0.328. The normalized spacial score (nSPS) is 11.1. The molecule has 1 N–H and O–H groups in total. The number of nitrogens with zero attached hydrogens (tertiary/aromatic N) is 3. The predicted octanol–water partition coefficient (Wildman–Crippen LogP) is 3.57. The highest BCUT2D eigenvalue weighted by Crippen LogP contribution is 2.21. The maximum atomic E-state index is 13.1. The summed E-state index contributed by atoms with van der Waals surface area (Å²) in [6.45, 7) is 0.0471. The molecule has 4 rings (SSSR count). The number of ether oxygens (including phenoxy) is 2. The van der Waals surface area contributed by atoms with Crippen LogP contribution in [-0.2, 0) is 6.61 Å². The molecule has 0 atom stereocenters. The molecule has 7 heteroatoms. The molecule has 0 saturated carbocycles. The molecule has 0 unspecified atom stereocenters. The van der Waals surface area contributed by atoms with Crippen LogP contribution >= 0.6 is 0 Å². The molecule has 3 aromatic carbocycles. The third-order valence-corrected chi connectivity index (χ3v) is 4.48. The second kappa shape index (κ2) is 8.48. The van der Waals surface area contributed by atoms with Crippen LogP contribution in [0, 0.1) is 0 Å². The molecule has 1 aromatic heterocycles. The molecule has 0 radical (unpaired) electrons. The fourth-order valence-corrected chi connectivity index (χ4v) is 2.93. The van der Waals surface area contributed by atoms with Crippen LogP contribution in [0.15, 0.2) is 82.7 Å². The second-order valence-corrected chi connectivity index (χ2v) is 6.43. The fourth-order valence-electron chi connectivity index (χ4n) is 2.93. The van der Waals surface area contributed by atoms with Crippen molar-refractivity contribution in [3.63, 3.8) is 0 Å². The summed E-state index contributed by atoms with van der Waals surface area (Å²) in [5.74, 6) is 1.57. The standard InChI is InChI=1S/C23H19N3O4/c1-29-18-11-12-21(27)16(13-18)14-24-26-22(15-30-17-7-3-2-4-8-17)25-20-10-6-5-9-19(20)23(26)28/h2-14,27H,15H2,1H3. The largest absolute Gasteiger partial charge is 0.507 e. The van der Waals surface area contributed by atoms with Crippen molar-refractivity contribution in [3.8, 4) is 17.2 Å². The van der Waals surface area contributed by atoms with E-state index in [0.29, 0.717) is 33.8 Å². The van der Waals surface area contributed by atoms with Gasteiger partial charge in [0.15, 0.2) is 5.82 Å². The van der Waals surface area contributed by atoms with E-state index in [9.17, 15) is 9.90 Å². The molecule has 0 spiro atoms. The lowest BCUT2D eigenvalue weighted by Crippen LogP contribution is -2.23. The molecule has 0 aliphatic heterocycles. The van der Waals surface area contributed by atoms with Crippen molar-refractivity contribution in [3.05, 3.63) is 94.5 Å². The van der Waals surface area contributed by atoms with E-state index in [1.807, 2.05) is 36.4 Å². The van der Waals surface area contributed by atoms with Gasteiger partial charge in [0.1, 0.15) is 23.9 Å². The quantitative estimate of drug-likeness (QED) is 0.499. The lowest BCUT2D eigenvalue weighted by Gasteiger charge is -2.11. The molecule has 150 valence electrons. The first-order valence-electron chi connectivity index (χ1n) is 9.25. The van der Waals surface area contributed by atoms with Crippen molar-refractivity contribution in [2.75, 3.05) is 7.11 Å². The molecule has 0 bridgehead atoms. The Labute approximate surface area is 172 Å². The highest BCUT2D eigenvalue weighted by Gasteiger charge is 2.11. The van der Waals surface area contributed by atoms with Gasteiger partial charge in [0.05, 0.1) is 24.2 Å². The highest BCUT2D eigenvalue weighted by atomic mass is 16.5. The summed E-state index contributed by atoms with van der Waals surface area (Å²) in [7, 11) is 1.53. The summed E-state index contributed by atoms with van der Waals surface area (Å²) in [6.07, 6.45) is 1.39.